The van der Waals surface area contributed by atoms with Gasteiger partial charge in [0.25, 0.3) is 5.69 Å². The summed E-state index contributed by atoms with van der Waals surface area (Å²) in [4.78, 5) is 15.3. The summed E-state index contributed by atoms with van der Waals surface area (Å²) in [6, 6.07) is 15.8. The summed E-state index contributed by atoms with van der Waals surface area (Å²) in [5.74, 6) is 0. The Morgan fingerprint density at radius 2 is 1.83 bits per heavy atom. The van der Waals surface area contributed by atoms with E-state index in [9.17, 15) is 10.1 Å². The number of fused-ring (bicyclic) bond motifs is 1. The number of hydrogen-bond acceptors (Lipinski definition) is 4. The molecule has 0 fully saturated rings. The molecule has 0 aliphatic heterocycles. The molecule has 0 unspecified atom stereocenters. The van der Waals surface area contributed by atoms with Crippen LogP contribution >= 0.6 is 23.2 Å². The molecule has 0 bridgehead atoms. The molecule has 4 rings (SSSR count). The van der Waals surface area contributed by atoms with Gasteiger partial charge >= 0.3 is 0 Å². The van der Waals surface area contributed by atoms with E-state index in [2.05, 4.69) is 10.1 Å². The Morgan fingerprint density at radius 3 is 2.57 bits per heavy atom. The number of benzene rings is 2. The van der Waals surface area contributed by atoms with Gasteiger partial charge < -0.3 is 0 Å². The lowest BCUT2D eigenvalue weighted by Gasteiger charge is -2.04. The molecule has 2 aromatic heterocycles. The fourth-order valence-electron chi connectivity index (χ4n) is 3.20. The first-order valence-corrected chi connectivity index (χ1v) is 9.87. The van der Waals surface area contributed by atoms with Gasteiger partial charge in [-0.05, 0) is 55.0 Å². The Kier molecular flexibility index (Phi) is 5.53. The molecule has 0 amide bonds. The topological polar surface area (TPSA) is 73.8 Å². The van der Waals surface area contributed by atoms with E-state index in [1.165, 1.54) is 6.07 Å². The summed E-state index contributed by atoms with van der Waals surface area (Å²) in [6.07, 6.45) is 3.68. The number of aryl methyl sites for hydroxylation is 1. The number of hydrogen-bond donors (Lipinski definition) is 0. The van der Waals surface area contributed by atoms with E-state index < -0.39 is 4.92 Å². The molecule has 0 spiro atoms. The van der Waals surface area contributed by atoms with Crippen LogP contribution in [-0.2, 0) is 6.54 Å². The second-order valence-corrected chi connectivity index (χ2v) is 7.54. The smallest absolute Gasteiger partial charge is 0.258 e. The average molecular weight is 439 g/mol. The van der Waals surface area contributed by atoms with Crippen molar-refractivity contribution in [1.29, 1.82) is 0 Å². The second-order valence-electron chi connectivity index (χ2n) is 6.74. The Morgan fingerprint density at radius 1 is 1.07 bits per heavy atom. The van der Waals surface area contributed by atoms with Crippen molar-refractivity contribution in [1.82, 2.24) is 14.8 Å². The molecule has 150 valence electrons. The molecule has 6 nitrogen and oxygen atoms in total. The monoisotopic (exact) mass is 438 g/mol. The van der Waals surface area contributed by atoms with E-state index in [0.717, 1.165) is 16.8 Å². The molecule has 0 N–H and O–H groups in total. The van der Waals surface area contributed by atoms with Gasteiger partial charge in [0.05, 0.1) is 33.8 Å². The van der Waals surface area contributed by atoms with Crippen LogP contribution in [0, 0.1) is 17.0 Å². The summed E-state index contributed by atoms with van der Waals surface area (Å²) < 4.78 is 1.73. The Balaban J connectivity index is 1.62. The van der Waals surface area contributed by atoms with Crippen molar-refractivity contribution in [2.24, 2.45) is 0 Å². The van der Waals surface area contributed by atoms with Crippen LogP contribution in [0.3, 0.4) is 0 Å². The highest BCUT2D eigenvalue weighted by atomic mass is 35.5. The Labute approximate surface area is 182 Å². The van der Waals surface area contributed by atoms with Gasteiger partial charge in [-0.25, -0.2) is 9.67 Å². The first kappa shape index (κ1) is 20.1. The summed E-state index contributed by atoms with van der Waals surface area (Å²) in [5, 5.41) is 17.4. The van der Waals surface area contributed by atoms with Gasteiger partial charge in [-0.15, -0.1) is 0 Å². The molecule has 0 radical (unpaired) electrons. The minimum absolute atomic E-state index is 0.0397. The van der Waals surface area contributed by atoms with Crippen molar-refractivity contribution in [2.45, 2.75) is 13.5 Å². The SMILES string of the molecule is Cc1nn(Cc2ccc(Cl)cc2)c(Cl)c1/C=C/c1ccc2c([N+](=O)[O-])cccc2n1. The molecule has 0 atom stereocenters. The van der Waals surface area contributed by atoms with Crippen molar-refractivity contribution in [3.05, 3.63) is 97.4 Å². The number of nitrogens with zero attached hydrogens (tertiary/aromatic N) is 4. The summed E-state index contributed by atoms with van der Waals surface area (Å²) in [7, 11) is 0. The third-order valence-electron chi connectivity index (χ3n) is 4.70. The highest BCUT2D eigenvalue weighted by Crippen LogP contribution is 2.26. The largest absolute Gasteiger partial charge is 0.278 e. The third kappa shape index (κ3) is 4.06. The van der Waals surface area contributed by atoms with Gasteiger partial charge in [0, 0.05) is 16.7 Å². The minimum Gasteiger partial charge on any atom is -0.258 e. The fraction of sp³-hybridized carbons (Fsp3) is 0.0909. The zero-order chi connectivity index (χ0) is 21.3. The molecule has 4 aromatic rings. The maximum atomic E-state index is 11.2. The summed E-state index contributed by atoms with van der Waals surface area (Å²) in [5.41, 5.74) is 3.90. The zero-order valence-electron chi connectivity index (χ0n) is 15.9. The van der Waals surface area contributed by atoms with E-state index in [4.69, 9.17) is 23.2 Å². The van der Waals surface area contributed by atoms with Gasteiger partial charge in [-0.3, -0.25) is 10.1 Å². The lowest BCUT2D eigenvalue weighted by Crippen LogP contribution is -2.01. The number of rotatable bonds is 5. The van der Waals surface area contributed by atoms with Crippen LogP contribution in [-0.4, -0.2) is 19.7 Å². The summed E-state index contributed by atoms with van der Waals surface area (Å²) >= 11 is 12.5. The first-order chi connectivity index (χ1) is 14.4. The minimum atomic E-state index is -0.405. The second kappa shape index (κ2) is 8.26. The van der Waals surface area contributed by atoms with Crippen molar-refractivity contribution < 1.29 is 4.92 Å². The third-order valence-corrected chi connectivity index (χ3v) is 5.35. The molecule has 0 aliphatic rings. The molecule has 0 aliphatic carbocycles. The van der Waals surface area contributed by atoms with Gasteiger partial charge in [-0.2, -0.15) is 5.10 Å². The van der Waals surface area contributed by atoms with Crippen LogP contribution < -0.4 is 0 Å². The zero-order valence-corrected chi connectivity index (χ0v) is 17.4. The number of nitro benzene ring substituents is 1. The summed E-state index contributed by atoms with van der Waals surface area (Å²) in [6.45, 7) is 2.42. The number of halogens is 2. The maximum absolute atomic E-state index is 11.2. The van der Waals surface area contributed by atoms with E-state index >= 15 is 0 Å². The lowest BCUT2D eigenvalue weighted by molar-refractivity contribution is -0.383. The lowest BCUT2D eigenvalue weighted by atomic mass is 10.1. The quantitative estimate of drug-likeness (QED) is 0.275. The van der Waals surface area contributed by atoms with Gasteiger partial charge in [0.1, 0.15) is 5.15 Å². The number of non-ortho nitro benzene ring substituents is 1. The van der Waals surface area contributed by atoms with Crippen molar-refractivity contribution in [3.8, 4) is 0 Å². The predicted molar refractivity (Wildman–Crippen MR) is 120 cm³/mol. The van der Waals surface area contributed by atoms with Gasteiger partial charge in [-0.1, -0.05) is 41.4 Å². The van der Waals surface area contributed by atoms with Crippen molar-refractivity contribution >= 4 is 51.9 Å². The standard InChI is InChI=1S/C22H16Cl2N4O2/c1-14-18(22(24)27(26-14)13-15-5-7-16(23)8-6-15)11-9-17-10-12-19-20(25-17)3-2-4-21(19)28(29)30/h2-12H,13H2,1H3/b11-9+. The molecule has 0 saturated carbocycles. The van der Waals surface area contributed by atoms with Crippen LogP contribution in [0.25, 0.3) is 23.1 Å². The van der Waals surface area contributed by atoms with E-state index in [0.29, 0.717) is 33.3 Å². The van der Waals surface area contributed by atoms with Gasteiger partial charge in [0.15, 0.2) is 0 Å². The van der Waals surface area contributed by atoms with Gasteiger partial charge in [0.2, 0.25) is 0 Å². The number of aromatic nitrogens is 3. The van der Waals surface area contributed by atoms with Crippen LogP contribution in [0.4, 0.5) is 5.69 Å². The van der Waals surface area contributed by atoms with E-state index in [1.807, 2.05) is 43.3 Å². The maximum Gasteiger partial charge on any atom is 0.278 e. The molecule has 2 heterocycles. The molecule has 0 saturated heterocycles. The van der Waals surface area contributed by atoms with Crippen LogP contribution in [0.15, 0.2) is 54.6 Å². The van der Waals surface area contributed by atoms with Crippen LogP contribution in [0.1, 0.15) is 22.5 Å². The Bertz CT molecular complexity index is 1280. The molecule has 30 heavy (non-hydrogen) atoms. The van der Waals surface area contributed by atoms with E-state index in [-0.39, 0.29) is 5.69 Å². The highest BCUT2D eigenvalue weighted by molar-refractivity contribution is 6.31. The van der Waals surface area contributed by atoms with Crippen molar-refractivity contribution in [3.63, 3.8) is 0 Å². The van der Waals surface area contributed by atoms with Crippen molar-refractivity contribution in [2.75, 3.05) is 0 Å². The molecule has 8 heteroatoms. The Hall–Kier alpha value is -3.22. The number of pyridine rings is 1. The average Bonchev–Trinajstić information content (AvgIpc) is 3.00. The number of nitro groups is 1. The predicted octanol–water partition coefficient (Wildman–Crippen LogP) is 6.17. The normalized spacial score (nSPS) is 11.4. The highest BCUT2D eigenvalue weighted by Gasteiger charge is 2.13. The first-order valence-electron chi connectivity index (χ1n) is 9.12. The fourth-order valence-corrected chi connectivity index (χ4v) is 3.62. The van der Waals surface area contributed by atoms with Crippen LogP contribution in [0.5, 0.6) is 0 Å². The molecule has 2 aromatic carbocycles. The van der Waals surface area contributed by atoms with E-state index in [1.54, 1.807) is 28.9 Å². The molecular weight excluding hydrogens is 423 g/mol. The molecular formula is C22H16Cl2N4O2. The van der Waals surface area contributed by atoms with Crippen LogP contribution in [0.2, 0.25) is 10.2 Å².